The van der Waals surface area contributed by atoms with E-state index in [1.165, 1.54) is 17.7 Å². The minimum Gasteiger partial charge on any atom is -0.370 e. The molecule has 2 aliphatic rings. The van der Waals surface area contributed by atoms with Gasteiger partial charge in [-0.2, -0.15) is 5.26 Å². The number of anilines is 2. The highest BCUT2D eigenvalue weighted by molar-refractivity contribution is 5.75. The van der Waals surface area contributed by atoms with Crippen LogP contribution in [0.3, 0.4) is 0 Å². The summed E-state index contributed by atoms with van der Waals surface area (Å²) >= 11 is 0. The third kappa shape index (κ3) is 5.35. The Bertz CT molecular complexity index is 1160. The summed E-state index contributed by atoms with van der Waals surface area (Å²) in [6.45, 7) is 12.2. The van der Waals surface area contributed by atoms with E-state index in [2.05, 4.69) is 34.8 Å². The standard InChI is InChI=1S/C28H29FN4/c1-19-4-10-26(20(2)31-19)21(3)32-27-17-24(18-30)7-11-28(27)33-14-12-23(13-15-33)16-22-5-8-25(29)9-6-22/h4-11,17,23,31-32H,2-3,12-16H2,1H3. The Hall–Kier alpha value is -3.78. The van der Waals surface area contributed by atoms with Crippen LogP contribution in [0.15, 0.2) is 90.4 Å². The summed E-state index contributed by atoms with van der Waals surface area (Å²) in [6, 6.07) is 14.8. The van der Waals surface area contributed by atoms with E-state index in [4.69, 9.17) is 0 Å². The molecule has 0 radical (unpaired) electrons. The number of dihydropyridines is 1. The van der Waals surface area contributed by atoms with Crippen molar-refractivity contribution < 1.29 is 4.39 Å². The van der Waals surface area contributed by atoms with Crippen LogP contribution in [0, 0.1) is 23.1 Å². The quantitative estimate of drug-likeness (QED) is 0.576. The van der Waals surface area contributed by atoms with Gasteiger partial charge in [0.25, 0.3) is 0 Å². The molecule has 2 N–H and O–H groups in total. The second kappa shape index (κ2) is 9.79. The van der Waals surface area contributed by atoms with E-state index in [1.54, 1.807) is 0 Å². The Labute approximate surface area is 195 Å². The molecule has 4 rings (SSSR count). The lowest BCUT2D eigenvalue weighted by molar-refractivity contribution is 0.403. The molecule has 33 heavy (non-hydrogen) atoms. The normalized spacial score (nSPS) is 16.4. The number of halogens is 1. The third-order valence-corrected chi connectivity index (χ3v) is 6.30. The van der Waals surface area contributed by atoms with Crippen LogP contribution < -0.4 is 15.5 Å². The fourth-order valence-corrected chi connectivity index (χ4v) is 4.48. The van der Waals surface area contributed by atoms with Gasteiger partial charge in [0, 0.05) is 35.8 Å². The molecule has 1 saturated heterocycles. The van der Waals surface area contributed by atoms with Crippen LogP contribution in [0.1, 0.15) is 30.9 Å². The summed E-state index contributed by atoms with van der Waals surface area (Å²) in [4.78, 5) is 2.37. The molecule has 0 aromatic heterocycles. The van der Waals surface area contributed by atoms with Gasteiger partial charge in [-0.3, -0.25) is 0 Å². The Morgan fingerprint density at radius 2 is 1.91 bits per heavy atom. The van der Waals surface area contributed by atoms with E-state index in [0.717, 1.165) is 66.4 Å². The van der Waals surface area contributed by atoms with Crippen molar-refractivity contribution in [3.63, 3.8) is 0 Å². The Morgan fingerprint density at radius 1 is 1.18 bits per heavy atom. The van der Waals surface area contributed by atoms with Crippen LogP contribution in [-0.2, 0) is 6.42 Å². The number of nitriles is 1. The molecule has 0 saturated carbocycles. The van der Waals surface area contributed by atoms with Crippen LogP contribution in [0.5, 0.6) is 0 Å². The largest absolute Gasteiger partial charge is 0.370 e. The first kappa shape index (κ1) is 22.4. The number of hydrogen-bond acceptors (Lipinski definition) is 4. The smallest absolute Gasteiger partial charge is 0.123 e. The Morgan fingerprint density at radius 3 is 2.58 bits per heavy atom. The second-order valence-electron chi connectivity index (χ2n) is 8.74. The van der Waals surface area contributed by atoms with Gasteiger partial charge in [-0.15, -0.1) is 0 Å². The van der Waals surface area contributed by atoms with Gasteiger partial charge < -0.3 is 15.5 Å². The minimum absolute atomic E-state index is 0.189. The van der Waals surface area contributed by atoms with E-state index in [1.807, 2.05) is 49.4 Å². The van der Waals surface area contributed by atoms with Crippen molar-refractivity contribution >= 4 is 11.4 Å². The lowest BCUT2D eigenvalue weighted by atomic mass is 9.90. The van der Waals surface area contributed by atoms with Crippen molar-refractivity contribution in [2.45, 2.75) is 26.2 Å². The van der Waals surface area contributed by atoms with Gasteiger partial charge in [0.15, 0.2) is 0 Å². The first-order valence-electron chi connectivity index (χ1n) is 11.3. The van der Waals surface area contributed by atoms with E-state index >= 15 is 0 Å². The van der Waals surface area contributed by atoms with E-state index in [-0.39, 0.29) is 5.82 Å². The molecule has 2 heterocycles. The molecule has 168 valence electrons. The molecule has 0 bridgehead atoms. The molecule has 0 spiro atoms. The number of allylic oxidation sites excluding steroid dienone is 3. The molecule has 0 aliphatic carbocycles. The number of hydrogen-bond donors (Lipinski definition) is 2. The maximum atomic E-state index is 13.2. The number of nitrogens with one attached hydrogen (secondary N) is 2. The molecule has 0 amide bonds. The van der Waals surface area contributed by atoms with E-state index in [0.29, 0.717) is 11.5 Å². The first-order valence-corrected chi connectivity index (χ1v) is 11.3. The molecule has 5 heteroatoms. The highest BCUT2D eigenvalue weighted by Crippen LogP contribution is 2.34. The van der Waals surface area contributed by atoms with Gasteiger partial charge in [-0.25, -0.2) is 4.39 Å². The zero-order chi connectivity index (χ0) is 23.4. The zero-order valence-electron chi connectivity index (χ0n) is 19.0. The maximum Gasteiger partial charge on any atom is 0.123 e. The summed E-state index contributed by atoms with van der Waals surface area (Å²) in [6.07, 6.45) is 7.09. The minimum atomic E-state index is -0.189. The van der Waals surface area contributed by atoms with Crippen molar-refractivity contribution in [2.24, 2.45) is 5.92 Å². The van der Waals surface area contributed by atoms with Crippen LogP contribution in [-0.4, -0.2) is 13.1 Å². The summed E-state index contributed by atoms with van der Waals surface area (Å²) in [5.41, 5.74) is 7.20. The Kier molecular flexibility index (Phi) is 6.65. The van der Waals surface area contributed by atoms with Crippen LogP contribution in [0.4, 0.5) is 15.8 Å². The van der Waals surface area contributed by atoms with Gasteiger partial charge in [-0.05, 0) is 80.2 Å². The molecular weight excluding hydrogens is 411 g/mol. The van der Waals surface area contributed by atoms with Crippen molar-refractivity contribution in [1.82, 2.24) is 5.32 Å². The van der Waals surface area contributed by atoms with Crippen molar-refractivity contribution in [2.75, 3.05) is 23.3 Å². The predicted molar refractivity (Wildman–Crippen MR) is 133 cm³/mol. The SMILES string of the molecule is C=C1NC(C)=CC=C1C(=C)Nc1cc(C#N)ccc1N1CCC(Cc2ccc(F)cc2)CC1. The van der Waals surface area contributed by atoms with Crippen molar-refractivity contribution in [3.8, 4) is 6.07 Å². The van der Waals surface area contributed by atoms with E-state index in [9.17, 15) is 9.65 Å². The molecule has 2 aliphatic heterocycles. The van der Waals surface area contributed by atoms with Crippen molar-refractivity contribution in [1.29, 1.82) is 5.26 Å². The molecular formula is C28H29FN4. The van der Waals surface area contributed by atoms with Crippen LogP contribution in [0.25, 0.3) is 0 Å². The second-order valence-corrected chi connectivity index (χ2v) is 8.74. The lowest BCUT2D eigenvalue weighted by Gasteiger charge is -2.35. The zero-order valence-corrected chi connectivity index (χ0v) is 19.0. The Balaban J connectivity index is 1.47. The molecule has 0 unspecified atom stereocenters. The number of piperidine rings is 1. The van der Waals surface area contributed by atoms with Gasteiger partial charge in [0.1, 0.15) is 5.82 Å². The number of rotatable bonds is 6. The monoisotopic (exact) mass is 440 g/mol. The lowest BCUT2D eigenvalue weighted by Crippen LogP contribution is -2.34. The summed E-state index contributed by atoms with van der Waals surface area (Å²) in [7, 11) is 0. The third-order valence-electron chi connectivity index (χ3n) is 6.30. The molecule has 1 fully saturated rings. The topological polar surface area (TPSA) is 51.1 Å². The summed E-state index contributed by atoms with van der Waals surface area (Å²) < 4.78 is 13.2. The number of benzene rings is 2. The maximum absolute atomic E-state index is 13.2. The van der Waals surface area contributed by atoms with Crippen LogP contribution >= 0.6 is 0 Å². The molecule has 2 aromatic rings. The molecule has 2 aromatic carbocycles. The van der Waals surface area contributed by atoms with Gasteiger partial charge in [0.05, 0.1) is 23.0 Å². The highest BCUT2D eigenvalue weighted by Gasteiger charge is 2.22. The van der Waals surface area contributed by atoms with Crippen molar-refractivity contribution in [3.05, 3.63) is 107 Å². The average molecular weight is 441 g/mol. The first-order chi connectivity index (χ1) is 15.9. The fraction of sp³-hybridized carbons (Fsp3) is 0.250. The summed E-state index contributed by atoms with van der Waals surface area (Å²) in [5, 5.41) is 16.1. The van der Waals surface area contributed by atoms with Gasteiger partial charge >= 0.3 is 0 Å². The molecule has 4 nitrogen and oxygen atoms in total. The highest BCUT2D eigenvalue weighted by atomic mass is 19.1. The average Bonchev–Trinajstić information content (AvgIpc) is 2.81. The number of nitrogens with zero attached hydrogens (tertiary/aromatic N) is 2. The molecule has 0 atom stereocenters. The fourth-order valence-electron chi connectivity index (χ4n) is 4.48. The van der Waals surface area contributed by atoms with Gasteiger partial charge in [-0.1, -0.05) is 25.3 Å². The summed E-state index contributed by atoms with van der Waals surface area (Å²) in [5.74, 6) is 0.388. The predicted octanol–water partition coefficient (Wildman–Crippen LogP) is 6.03. The van der Waals surface area contributed by atoms with E-state index < -0.39 is 0 Å². The van der Waals surface area contributed by atoms with Gasteiger partial charge in [0.2, 0.25) is 0 Å². The van der Waals surface area contributed by atoms with Crippen LogP contribution in [0.2, 0.25) is 0 Å².